The largest absolute Gasteiger partial charge is 0.507 e. The highest BCUT2D eigenvalue weighted by atomic mass is 31.0. The lowest BCUT2D eigenvalue weighted by atomic mass is 10.0. The Morgan fingerprint density at radius 1 is 1.17 bits per heavy atom. The summed E-state index contributed by atoms with van der Waals surface area (Å²) in [4.78, 5) is 10.6. The van der Waals surface area contributed by atoms with Gasteiger partial charge in [-0.05, 0) is 30.7 Å². The predicted octanol–water partition coefficient (Wildman–Crippen LogP) is 3.36. The maximum Gasteiger partial charge on any atom is 0.303 e. The van der Waals surface area contributed by atoms with Crippen LogP contribution in [-0.2, 0) is 4.79 Å². The Labute approximate surface area is 142 Å². The molecule has 0 aliphatic rings. The zero-order valence-corrected chi connectivity index (χ0v) is 14.3. The van der Waals surface area contributed by atoms with Crippen LogP contribution < -0.4 is 9.47 Å². The van der Waals surface area contributed by atoms with Gasteiger partial charge in [0.15, 0.2) is 0 Å². The number of aliphatic carboxylic acids is 1. The number of phenols is 1. The Morgan fingerprint density at radius 3 is 2.58 bits per heavy atom. The van der Waals surface area contributed by atoms with Crippen LogP contribution in [0.15, 0.2) is 42.5 Å². The van der Waals surface area contributed by atoms with Crippen LogP contribution in [0, 0.1) is 0 Å². The van der Waals surface area contributed by atoms with E-state index in [1.165, 1.54) is 0 Å². The normalized spacial score (nSPS) is 10.2. The molecule has 0 radical (unpaired) electrons. The Balaban J connectivity index is 2.27. The molecule has 0 fully saturated rings. The van der Waals surface area contributed by atoms with E-state index in [2.05, 4.69) is 8.86 Å². The number of methoxy groups -OCH3 is 1. The van der Waals surface area contributed by atoms with Gasteiger partial charge < -0.3 is 19.7 Å². The van der Waals surface area contributed by atoms with E-state index in [4.69, 9.17) is 14.6 Å². The number of para-hydroxylation sites is 1. The van der Waals surface area contributed by atoms with Gasteiger partial charge in [0.2, 0.25) is 0 Å². The van der Waals surface area contributed by atoms with Gasteiger partial charge in [0.25, 0.3) is 0 Å². The van der Waals surface area contributed by atoms with E-state index in [9.17, 15) is 9.90 Å². The summed E-state index contributed by atoms with van der Waals surface area (Å²) < 4.78 is 11.0. The van der Waals surface area contributed by atoms with E-state index in [-0.39, 0.29) is 18.8 Å². The molecule has 0 heterocycles. The first-order valence-electron chi connectivity index (χ1n) is 7.43. The monoisotopic (exact) mass is 346 g/mol. The Bertz CT molecular complexity index is 742. The van der Waals surface area contributed by atoms with E-state index in [0.29, 0.717) is 34.3 Å². The first kappa shape index (κ1) is 17.8. The average molecular weight is 346 g/mol. The van der Waals surface area contributed by atoms with Crippen molar-refractivity contribution in [3.05, 3.63) is 53.6 Å². The highest BCUT2D eigenvalue weighted by Gasteiger charge is 2.14. The molecule has 24 heavy (non-hydrogen) atoms. The molecule has 0 saturated carbocycles. The van der Waals surface area contributed by atoms with E-state index in [1.54, 1.807) is 43.5 Å². The van der Waals surface area contributed by atoms with Crippen LogP contribution in [-0.4, -0.2) is 35.2 Å². The number of hydrogen-bond donors (Lipinski definition) is 2. The molecule has 2 aromatic rings. The van der Waals surface area contributed by atoms with Crippen LogP contribution in [0.1, 0.15) is 24.0 Å². The number of aromatic hydroxyl groups is 1. The number of carboxylic acid groups (broad SMARTS) is 1. The van der Waals surface area contributed by atoms with E-state index < -0.39 is 5.97 Å². The molecular formula is C18H19O5P. The highest BCUT2D eigenvalue weighted by molar-refractivity contribution is 7.23. The van der Waals surface area contributed by atoms with Crippen LogP contribution in [0.3, 0.4) is 0 Å². The molecule has 0 spiro atoms. The fraction of sp³-hybridized carbons (Fsp3) is 0.222. The summed E-state index contributed by atoms with van der Waals surface area (Å²) >= 11 is 0. The van der Waals surface area contributed by atoms with Crippen molar-refractivity contribution in [3.63, 3.8) is 0 Å². The fourth-order valence-corrected chi connectivity index (χ4v) is 2.60. The Hall–Kier alpha value is -2.52. The molecule has 0 unspecified atom stereocenters. The van der Waals surface area contributed by atoms with Crippen LogP contribution in [0.25, 0.3) is 0 Å². The minimum atomic E-state index is -0.852. The number of ether oxygens (including phenoxy) is 2. The third kappa shape index (κ3) is 4.49. The van der Waals surface area contributed by atoms with Gasteiger partial charge in [-0.1, -0.05) is 18.2 Å². The quantitative estimate of drug-likeness (QED) is 0.566. The van der Waals surface area contributed by atoms with Gasteiger partial charge in [0.05, 0.1) is 13.7 Å². The zero-order chi connectivity index (χ0) is 17.5. The molecule has 5 nitrogen and oxygen atoms in total. The van der Waals surface area contributed by atoms with Crippen LogP contribution in [0.4, 0.5) is 0 Å². The van der Waals surface area contributed by atoms with Gasteiger partial charge in [-0.25, -0.2) is 0 Å². The summed E-state index contributed by atoms with van der Waals surface area (Å²) in [7, 11) is 5.15. The van der Waals surface area contributed by atoms with Crippen molar-refractivity contribution in [1.82, 2.24) is 0 Å². The van der Waals surface area contributed by atoms with Crippen molar-refractivity contribution in [3.8, 4) is 17.2 Å². The summed E-state index contributed by atoms with van der Waals surface area (Å²) in [6.45, 7) is 0.284. The van der Waals surface area contributed by atoms with Crippen molar-refractivity contribution < 1.29 is 24.5 Å². The van der Waals surface area contributed by atoms with Crippen molar-refractivity contribution in [1.29, 1.82) is 0 Å². The Kier molecular flexibility index (Phi) is 6.21. The van der Waals surface area contributed by atoms with Gasteiger partial charge in [0.1, 0.15) is 17.2 Å². The summed E-state index contributed by atoms with van der Waals surface area (Å²) in [6.07, 6.45) is 0.462. The maximum atomic E-state index is 10.6. The molecule has 2 N–H and O–H groups in total. The van der Waals surface area contributed by atoms with Crippen LogP contribution in [0.5, 0.6) is 17.2 Å². The predicted molar refractivity (Wildman–Crippen MR) is 95.0 cm³/mol. The molecule has 0 atom stereocenters. The minimum Gasteiger partial charge on any atom is -0.507 e. The van der Waals surface area contributed by atoms with Gasteiger partial charge >= 0.3 is 5.97 Å². The summed E-state index contributed by atoms with van der Waals surface area (Å²) in [5.41, 5.74) is 1.33. The Morgan fingerprint density at radius 2 is 1.92 bits per heavy atom. The van der Waals surface area contributed by atoms with Crippen molar-refractivity contribution in [2.24, 2.45) is 0 Å². The highest BCUT2D eigenvalue weighted by Crippen LogP contribution is 2.30. The number of carbonyl (C=O) groups is 1. The van der Waals surface area contributed by atoms with Gasteiger partial charge in [-0.3, -0.25) is 4.79 Å². The second-order valence-corrected chi connectivity index (χ2v) is 5.60. The maximum absolute atomic E-state index is 10.6. The molecular weight excluding hydrogens is 327 g/mol. The first-order valence-corrected chi connectivity index (χ1v) is 7.93. The zero-order valence-electron chi connectivity index (χ0n) is 13.3. The van der Waals surface area contributed by atoms with E-state index in [0.717, 1.165) is 0 Å². The van der Waals surface area contributed by atoms with Crippen molar-refractivity contribution in [2.75, 3.05) is 13.7 Å². The van der Waals surface area contributed by atoms with Crippen LogP contribution >= 0.6 is 8.86 Å². The second-order valence-electron chi connectivity index (χ2n) is 5.10. The van der Waals surface area contributed by atoms with Gasteiger partial charge in [-0.15, -0.1) is 8.86 Å². The minimum absolute atomic E-state index is 0.0510. The number of hydrogen-bond acceptors (Lipinski definition) is 4. The number of benzene rings is 2. The third-order valence-electron chi connectivity index (χ3n) is 3.42. The molecule has 0 aliphatic carbocycles. The molecule has 6 heteroatoms. The number of rotatable bonds is 8. The second kappa shape index (κ2) is 8.37. The van der Waals surface area contributed by atoms with Gasteiger partial charge in [0, 0.05) is 22.8 Å². The SMILES string of the molecule is COc1ccc(OCCCC(=O)O)c(C(=P)c2ccccc2O)c1. The van der Waals surface area contributed by atoms with Crippen LogP contribution in [0.2, 0.25) is 0 Å². The molecule has 126 valence electrons. The molecule has 0 aliphatic heterocycles. The summed E-state index contributed by atoms with van der Waals surface area (Å²) in [5, 5.41) is 19.4. The molecule has 0 aromatic heterocycles. The van der Waals surface area contributed by atoms with E-state index in [1.807, 2.05) is 6.07 Å². The number of carboxylic acids is 1. The van der Waals surface area contributed by atoms with E-state index >= 15 is 0 Å². The molecule has 2 rings (SSSR count). The smallest absolute Gasteiger partial charge is 0.303 e. The average Bonchev–Trinajstić information content (AvgIpc) is 2.58. The lowest BCUT2D eigenvalue weighted by Crippen LogP contribution is -2.07. The summed E-state index contributed by atoms with van der Waals surface area (Å²) in [6, 6.07) is 12.3. The lowest BCUT2D eigenvalue weighted by Gasteiger charge is -2.15. The molecule has 0 bridgehead atoms. The standard InChI is InChI=1S/C18H19O5P/c1-22-12-8-9-16(23-10-4-7-17(20)21)14(11-12)18(24)13-5-2-3-6-15(13)19/h2-3,5-6,8-9,11,19,24H,4,7,10H2,1H3,(H,20,21). The molecule has 2 aromatic carbocycles. The van der Waals surface area contributed by atoms with Gasteiger partial charge in [-0.2, -0.15) is 0 Å². The number of phenolic OH excluding ortho intramolecular Hbond substituents is 1. The van der Waals surface area contributed by atoms with Crippen molar-refractivity contribution in [2.45, 2.75) is 12.8 Å². The first-order chi connectivity index (χ1) is 11.5. The van der Waals surface area contributed by atoms with Crippen molar-refractivity contribution >= 4 is 20.1 Å². The molecule has 0 amide bonds. The topological polar surface area (TPSA) is 76.0 Å². The fourth-order valence-electron chi connectivity index (χ4n) is 2.19. The molecule has 0 saturated heterocycles. The summed E-state index contributed by atoms with van der Waals surface area (Å²) in [5.74, 6) is 0.515. The lowest BCUT2D eigenvalue weighted by molar-refractivity contribution is -0.137. The third-order valence-corrected chi connectivity index (χ3v) is 3.96.